The Morgan fingerprint density at radius 1 is 1.07 bits per heavy atom. The van der Waals surface area contributed by atoms with Crippen molar-refractivity contribution in [1.29, 1.82) is 0 Å². The molecule has 9 heteroatoms. The van der Waals surface area contributed by atoms with E-state index in [1.54, 1.807) is 21.3 Å². The maximum atomic E-state index is 5.39. The molecule has 0 N–H and O–H groups in total. The lowest BCUT2D eigenvalue weighted by molar-refractivity contribution is 0.324. The predicted octanol–water partition coefficient (Wildman–Crippen LogP) is 4.03. The molecule has 0 saturated heterocycles. The van der Waals surface area contributed by atoms with Gasteiger partial charge in [-0.05, 0) is 35.9 Å². The Kier molecular flexibility index (Phi) is 6.57. The zero-order valence-electron chi connectivity index (χ0n) is 15.8. The van der Waals surface area contributed by atoms with Crippen molar-refractivity contribution >= 4 is 40.2 Å². The van der Waals surface area contributed by atoms with E-state index < -0.39 is 0 Å². The maximum Gasteiger partial charge on any atom is 0.234 e. The third-order valence-corrected chi connectivity index (χ3v) is 5.78. The van der Waals surface area contributed by atoms with Crippen LogP contribution in [0, 0.1) is 0 Å². The van der Waals surface area contributed by atoms with Crippen LogP contribution in [0.15, 0.2) is 12.1 Å². The van der Waals surface area contributed by atoms with Gasteiger partial charge in [0.1, 0.15) is 5.01 Å². The maximum absolute atomic E-state index is 5.39. The average molecular weight is 407 g/mol. The molecule has 0 aliphatic carbocycles. The molecule has 0 radical (unpaired) electrons. The fraction of sp³-hybridized carbons (Fsp3) is 0.389. The normalized spacial score (nSPS) is 11.4. The second kappa shape index (κ2) is 9.09. The lowest BCUT2D eigenvalue weighted by Crippen LogP contribution is -1.95. The third-order valence-electron chi connectivity index (χ3n) is 3.76. The van der Waals surface area contributed by atoms with Gasteiger partial charge in [0.25, 0.3) is 0 Å². The van der Waals surface area contributed by atoms with Crippen molar-refractivity contribution < 1.29 is 14.2 Å². The molecule has 0 amide bonds. The Morgan fingerprint density at radius 2 is 1.81 bits per heavy atom. The van der Waals surface area contributed by atoms with Gasteiger partial charge in [-0.1, -0.05) is 24.3 Å². The van der Waals surface area contributed by atoms with Gasteiger partial charge in [-0.15, -0.1) is 10.2 Å². The van der Waals surface area contributed by atoms with Gasteiger partial charge in [0.15, 0.2) is 17.3 Å². The van der Waals surface area contributed by atoms with Gasteiger partial charge >= 0.3 is 0 Å². The quantitative estimate of drug-likeness (QED) is 0.497. The van der Waals surface area contributed by atoms with Gasteiger partial charge < -0.3 is 14.2 Å². The number of fused-ring (bicyclic) bond motifs is 1. The van der Waals surface area contributed by atoms with E-state index in [4.69, 9.17) is 14.2 Å². The fourth-order valence-corrected chi connectivity index (χ4v) is 4.06. The molecule has 27 heavy (non-hydrogen) atoms. The molecule has 0 spiro atoms. The standard InChI is InChI=1S/C18H22N4O3S2/c1-5-8-26-11-15-19-20-18-22(15)21-16(27-18)7-6-12-9-13(23-2)17(25-4)14(10-12)24-3/h6-7,9-10H,5,8,11H2,1-4H3. The second-order valence-electron chi connectivity index (χ2n) is 5.60. The number of methoxy groups -OCH3 is 3. The average Bonchev–Trinajstić information content (AvgIpc) is 3.26. The molecule has 144 valence electrons. The Bertz CT molecular complexity index is 911. The van der Waals surface area contributed by atoms with Crippen molar-refractivity contribution in [2.45, 2.75) is 19.1 Å². The molecule has 7 nitrogen and oxygen atoms in total. The molecule has 0 fully saturated rings. The number of thioether (sulfide) groups is 1. The van der Waals surface area contributed by atoms with Crippen LogP contribution < -0.4 is 14.2 Å². The van der Waals surface area contributed by atoms with E-state index in [1.807, 2.05) is 40.6 Å². The summed E-state index contributed by atoms with van der Waals surface area (Å²) in [6, 6.07) is 3.79. The monoisotopic (exact) mass is 406 g/mol. The number of rotatable bonds is 9. The number of nitrogens with zero attached hydrogens (tertiary/aromatic N) is 4. The zero-order chi connectivity index (χ0) is 19.2. The Labute approximate surface area is 166 Å². The molecular weight excluding hydrogens is 384 g/mol. The first-order valence-electron chi connectivity index (χ1n) is 8.47. The molecule has 1 aromatic carbocycles. The van der Waals surface area contributed by atoms with Gasteiger partial charge in [-0.25, -0.2) is 0 Å². The molecular formula is C18H22N4O3S2. The molecule has 2 aromatic heterocycles. The number of ether oxygens (including phenoxy) is 3. The van der Waals surface area contributed by atoms with E-state index in [0.717, 1.165) is 39.3 Å². The van der Waals surface area contributed by atoms with Gasteiger partial charge in [0.2, 0.25) is 10.7 Å². The Balaban J connectivity index is 1.83. The Hall–Kier alpha value is -2.26. The minimum absolute atomic E-state index is 0.574. The molecule has 0 aliphatic rings. The Morgan fingerprint density at radius 3 is 2.44 bits per heavy atom. The summed E-state index contributed by atoms with van der Waals surface area (Å²) in [5, 5.41) is 13.9. The zero-order valence-corrected chi connectivity index (χ0v) is 17.4. The largest absolute Gasteiger partial charge is 0.493 e. The van der Waals surface area contributed by atoms with Crippen LogP contribution >= 0.6 is 23.1 Å². The molecule has 3 aromatic rings. The van der Waals surface area contributed by atoms with E-state index in [9.17, 15) is 0 Å². The molecule has 0 unspecified atom stereocenters. The summed E-state index contributed by atoms with van der Waals surface area (Å²) >= 11 is 3.34. The van der Waals surface area contributed by atoms with E-state index in [0.29, 0.717) is 17.2 Å². The highest BCUT2D eigenvalue weighted by Gasteiger charge is 2.13. The summed E-state index contributed by atoms with van der Waals surface area (Å²) in [4.78, 5) is 0.798. The van der Waals surface area contributed by atoms with Crippen LogP contribution in [0.2, 0.25) is 0 Å². The lowest BCUT2D eigenvalue weighted by Gasteiger charge is -2.12. The van der Waals surface area contributed by atoms with Gasteiger partial charge in [-0.2, -0.15) is 21.4 Å². The van der Waals surface area contributed by atoms with Crippen LogP contribution in [0.3, 0.4) is 0 Å². The van der Waals surface area contributed by atoms with Crippen LogP contribution in [0.25, 0.3) is 17.1 Å². The summed E-state index contributed by atoms with van der Waals surface area (Å²) in [6.45, 7) is 2.17. The van der Waals surface area contributed by atoms with E-state index in [2.05, 4.69) is 22.2 Å². The highest BCUT2D eigenvalue weighted by Crippen LogP contribution is 2.38. The second-order valence-corrected chi connectivity index (χ2v) is 7.69. The molecule has 0 saturated carbocycles. The summed E-state index contributed by atoms with van der Waals surface area (Å²) < 4.78 is 18.0. The fourth-order valence-electron chi connectivity index (χ4n) is 2.50. The first kappa shape index (κ1) is 19.5. The van der Waals surface area contributed by atoms with Crippen LogP contribution in [0.4, 0.5) is 0 Å². The van der Waals surface area contributed by atoms with Gasteiger partial charge in [0, 0.05) is 0 Å². The lowest BCUT2D eigenvalue weighted by atomic mass is 10.1. The van der Waals surface area contributed by atoms with Crippen molar-refractivity contribution in [3.05, 3.63) is 28.5 Å². The number of hydrogen-bond acceptors (Lipinski definition) is 8. The summed E-state index contributed by atoms with van der Waals surface area (Å²) in [6.07, 6.45) is 5.05. The molecule has 0 bridgehead atoms. The van der Waals surface area contributed by atoms with E-state index in [-0.39, 0.29) is 0 Å². The van der Waals surface area contributed by atoms with Crippen molar-refractivity contribution in [2.75, 3.05) is 27.1 Å². The van der Waals surface area contributed by atoms with Gasteiger partial charge in [0.05, 0.1) is 27.1 Å². The molecule has 3 rings (SSSR count). The van der Waals surface area contributed by atoms with Crippen LogP contribution in [0.1, 0.15) is 29.7 Å². The third kappa shape index (κ3) is 4.36. The SMILES string of the molecule is CCCSCc1nnc2sc(C=Cc3cc(OC)c(OC)c(OC)c3)nn12. The first-order chi connectivity index (χ1) is 13.2. The minimum atomic E-state index is 0.574. The molecule has 0 atom stereocenters. The van der Waals surface area contributed by atoms with Crippen molar-refractivity contribution in [2.24, 2.45) is 0 Å². The molecule has 0 aliphatic heterocycles. The predicted molar refractivity (Wildman–Crippen MR) is 110 cm³/mol. The van der Waals surface area contributed by atoms with E-state index >= 15 is 0 Å². The summed E-state index contributed by atoms with van der Waals surface area (Å²) in [5.74, 6) is 4.61. The summed E-state index contributed by atoms with van der Waals surface area (Å²) in [5.41, 5.74) is 0.925. The summed E-state index contributed by atoms with van der Waals surface area (Å²) in [7, 11) is 4.79. The van der Waals surface area contributed by atoms with Crippen LogP contribution in [-0.2, 0) is 5.75 Å². The van der Waals surface area contributed by atoms with Crippen LogP contribution in [-0.4, -0.2) is 46.9 Å². The highest BCUT2D eigenvalue weighted by molar-refractivity contribution is 7.98. The van der Waals surface area contributed by atoms with Crippen LogP contribution in [0.5, 0.6) is 17.2 Å². The number of benzene rings is 1. The number of hydrogen-bond donors (Lipinski definition) is 0. The van der Waals surface area contributed by atoms with E-state index in [1.165, 1.54) is 11.3 Å². The first-order valence-corrected chi connectivity index (χ1v) is 10.4. The van der Waals surface area contributed by atoms with Crippen molar-refractivity contribution in [1.82, 2.24) is 19.8 Å². The topological polar surface area (TPSA) is 70.8 Å². The minimum Gasteiger partial charge on any atom is -0.493 e. The smallest absolute Gasteiger partial charge is 0.234 e. The number of aromatic nitrogens is 4. The highest BCUT2D eigenvalue weighted by atomic mass is 32.2. The van der Waals surface area contributed by atoms with Gasteiger partial charge in [-0.3, -0.25) is 0 Å². The molecule has 2 heterocycles. The van der Waals surface area contributed by atoms with Crippen molar-refractivity contribution in [3.63, 3.8) is 0 Å². The van der Waals surface area contributed by atoms with Crippen molar-refractivity contribution in [3.8, 4) is 17.2 Å².